The lowest BCUT2D eigenvalue weighted by molar-refractivity contribution is 0.134. The van der Waals surface area contributed by atoms with Gasteiger partial charge in [-0.25, -0.2) is 0 Å². The SMILES string of the molecule is CCC1CCC(N[C@@H]2CCC[C@H]2O)CC1. The molecule has 0 aromatic rings. The molecule has 0 aliphatic heterocycles. The third-order valence-corrected chi connectivity index (χ3v) is 4.35. The first-order chi connectivity index (χ1) is 7.29. The molecule has 2 rings (SSSR count). The Morgan fingerprint density at radius 1 is 1.07 bits per heavy atom. The summed E-state index contributed by atoms with van der Waals surface area (Å²) in [4.78, 5) is 0. The zero-order valence-corrected chi connectivity index (χ0v) is 9.91. The van der Waals surface area contributed by atoms with E-state index in [9.17, 15) is 5.11 Å². The normalized spacial score (nSPS) is 42.0. The first kappa shape index (κ1) is 11.4. The molecule has 2 N–H and O–H groups in total. The summed E-state index contributed by atoms with van der Waals surface area (Å²) in [5.74, 6) is 0.969. The van der Waals surface area contributed by atoms with Gasteiger partial charge < -0.3 is 10.4 Å². The Morgan fingerprint density at radius 3 is 2.33 bits per heavy atom. The topological polar surface area (TPSA) is 32.3 Å². The number of rotatable bonds is 3. The maximum Gasteiger partial charge on any atom is 0.0693 e. The summed E-state index contributed by atoms with van der Waals surface area (Å²) in [5.41, 5.74) is 0. The Balaban J connectivity index is 1.72. The summed E-state index contributed by atoms with van der Waals surface area (Å²) in [7, 11) is 0. The number of hydrogen-bond acceptors (Lipinski definition) is 2. The Kier molecular flexibility index (Phi) is 4.04. The Bertz CT molecular complexity index is 187. The van der Waals surface area contributed by atoms with Crippen molar-refractivity contribution in [2.24, 2.45) is 5.92 Å². The van der Waals surface area contributed by atoms with Crippen LogP contribution in [-0.2, 0) is 0 Å². The van der Waals surface area contributed by atoms with Crippen LogP contribution in [0.2, 0.25) is 0 Å². The Morgan fingerprint density at radius 2 is 1.80 bits per heavy atom. The first-order valence-electron chi connectivity index (χ1n) is 6.73. The highest BCUT2D eigenvalue weighted by molar-refractivity contribution is 4.87. The number of nitrogens with one attached hydrogen (secondary N) is 1. The van der Waals surface area contributed by atoms with Gasteiger partial charge in [-0.3, -0.25) is 0 Å². The highest BCUT2D eigenvalue weighted by Gasteiger charge is 2.28. The van der Waals surface area contributed by atoms with Crippen molar-refractivity contribution in [1.82, 2.24) is 5.32 Å². The van der Waals surface area contributed by atoms with Crippen LogP contribution in [0.1, 0.15) is 58.3 Å². The molecule has 0 aromatic heterocycles. The third-order valence-electron chi connectivity index (χ3n) is 4.35. The lowest BCUT2D eigenvalue weighted by Gasteiger charge is -2.31. The predicted molar refractivity (Wildman–Crippen MR) is 62.8 cm³/mol. The van der Waals surface area contributed by atoms with Gasteiger partial charge in [0.2, 0.25) is 0 Å². The highest BCUT2D eigenvalue weighted by atomic mass is 16.3. The standard InChI is InChI=1S/C13H25NO/c1-2-10-6-8-11(9-7-10)14-12-4-3-5-13(12)15/h10-15H,2-9H2,1H3/t10?,11?,12-,13-/m1/s1. The fourth-order valence-electron chi connectivity index (χ4n) is 3.17. The quantitative estimate of drug-likeness (QED) is 0.751. The summed E-state index contributed by atoms with van der Waals surface area (Å²) in [6.45, 7) is 2.30. The summed E-state index contributed by atoms with van der Waals surface area (Å²) in [6.07, 6.45) is 10.1. The van der Waals surface area contributed by atoms with Crippen molar-refractivity contribution in [3.8, 4) is 0 Å². The molecule has 0 radical (unpaired) electrons. The van der Waals surface area contributed by atoms with Crippen molar-refractivity contribution < 1.29 is 5.11 Å². The molecule has 2 nitrogen and oxygen atoms in total. The molecule has 0 aromatic carbocycles. The summed E-state index contributed by atoms with van der Waals surface area (Å²) in [6, 6.07) is 1.08. The Labute approximate surface area is 93.5 Å². The molecule has 0 bridgehead atoms. The van der Waals surface area contributed by atoms with Gasteiger partial charge in [0, 0.05) is 12.1 Å². The second-order valence-corrected chi connectivity index (χ2v) is 5.40. The van der Waals surface area contributed by atoms with Crippen LogP contribution in [0.5, 0.6) is 0 Å². The van der Waals surface area contributed by atoms with Gasteiger partial charge in [-0.1, -0.05) is 13.3 Å². The van der Waals surface area contributed by atoms with Crippen LogP contribution < -0.4 is 5.32 Å². The maximum absolute atomic E-state index is 9.76. The fraction of sp³-hybridized carbons (Fsp3) is 1.00. The first-order valence-corrected chi connectivity index (χ1v) is 6.73. The largest absolute Gasteiger partial charge is 0.392 e. The smallest absolute Gasteiger partial charge is 0.0693 e. The van der Waals surface area contributed by atoms with Gasteiger partial charge >= 0.3 is 0 Å². The van der Waals surface area contributed by atoms with Crippen molar-refractivity contribution in [2.45, 2.75) is 76.5 Å². The number of hydrogen-bond donors (Lipinski definition) is 2. The van der Waals surface area contributed by atoms with E-state index in [1.165, 1.54) is 44.9 Å². The van der Waals surface area contributed by atoms with E-state index in [1.807, 2.05) is 0 Å². The van der Waals surface area contributed by atoms with E-state index < -0.39 is 0 Å². The molecule has 2 aliphatic rings. The van der Waals surface area contributed by atoms with Gasteiger partial charge in [0.05, 0.1) is 6.10 Å². The van der Waals surface area contributed by atoms with Crippen LogP contribution in [0.15, 0.2) is 0 Å². The lowest BCUT2D eigenvalue weighted by atomic mass is 9.84. The van der Waals surface area contributed by atoms with Crippen LogP contribution in [-0.4, -0.2) is 23.3 Å². The van der Waals surface area contributed by atoms with Crippen molar-refractivity contribution in [2.75, 3.05) is 0 Å². The minimum atomic E-state index is -0.0751. The molecule has 2 heteroatoms. The van der Waals surface area contributed by atoms with E-state index >= 15 is 0 Å². The molecule has 0 heterocycles. The molecule has 88 valence electrons. The molecule has 0 spiro atoms. The molecule has 0 saturated heterocycles. The van der Waals surface area contributed by atoms with Crippen LogP contribution in [0, 0.1) is 5.92 Å². The van der Waals surface area contributed by atoms with Crippen molar-refractivity contribution in [3.63, 3.8) is 0 Å². The molecule has 2 fully saturated rings. The minimum Gasteiger partial charge on any atom is -0.392 e. The fourth-order valence-corrected chi connectivity index (χ4v) is 3.17. The van der Waals surface area contributed by atoms with Gasteiger partial charge in [0.25, 0.3) is 0 Å². The summed E-state index contributed by atoms with van der Waals surface area (Å²) in [5, 5.41) is 13.4. The molecule has 15 heavy (non-hydrogen) atoms. The van der Waals surface area contributed by atoms with E-state index in [1.54, 1.807) is 0 Å². The molecular weight excluding hydrogens is 186 g/mol. The van der Waals surface area contributed by atoms with Crippen molar-refractivity contribution in [3.05, 3.63) is 0 Å². The number of aliphatic hydroxyl groups is 1. The highest BCUT2D eigenvalue weighted by Crippen LogP contribution is 2.28. The van der Waals surface area contributed by atoms with Crippen LogP contribution in [0.3, 0.4) is 0 Å². The second kappa shape index (κ2) is 5.31. The molecule has 2 aliphatic carbocycles. The van der Waals surface area contributed by atoms with E-state index in [0.29, 0.717) is 12.1 Å². The average Bonchev–Trinajstić information content (AvgIpc) is 2.66. The van der Waals surface area contributed by atoms with Crippen LogP contribution in [0.4, 0.5) is 0 Å². The van der Waals surface area contributed by atoms with Crippen molar-refractivity contribution >= 4 is 0 Å². The van der Waals surface area contributed by atoms with Gasteiger partial charge in [0.1, 0.15) is 0 Å². The van der Waals surface area contributed by atoms with E-state index in [0.717, 1.165) is 12.3 Å². The molecule has 0 amide bonds. The summed E-state index contributed by atoms with van der Waals surface area (Å²) >= 11 is 0. The van der Waals surface area contributed by atoms with Gasteiger partial charge in [0.15, 0.2) is 0 Å². The van der Waals surface area contributed by atoms with Crippen molar-refractivity contribution in [1.29, 1.82) is 0 Å². The monoisotopic (exact) mass is 211 g/mol. The van der Waals surface area contributed by atoms with Crippen LogP contribution >= 0.6 is 0 Å². The van der Waals surface area contributed by atoms with Gasteiger partial charge in [-0.15, -0.1) is 0 Å². The zero-order chi connectivity index (χ0) is 10.7. The lowest BCUT2D eigenvalue weighted by Crippen LogP contribution is -2.44. The minimum absolute atomic E-state index is 0.0751. The van der Waals surface area contributed by atoms with E-state index in [2.05, 4.69) is 12.2 Å². The number of aliphatic hydroxyl groups excluding tert-OH is 1. The maximum atomic E-state index is 9.76. The summed E-state index contributed by atoms with van der Waals surface area (Å²) < 4.78 is 0. The second-order valence-electron chi connectivity index (χ2n) is 5.40. The van der Waals surface area contributed by atoms with E-state index in [-0.39, 0.29) is 6.10 Å². The Hall–Kier alpha value is -0.0800. The van der Waals surface area contributed by atoms with Crippen LogP contribution in [0.25, 0.3) is 0 Å². The molecule has 0 unspecified atom stereocenters. The zero-order valence-electron chi connectivity index (χ0n) is 9.91. The molecular formula is C13H25NO. The molecule has 2 saturated carbocycles. The average molecular weight is 211 g/mol. The predicted octanol–water partition coefficient (Wildman–Crippen LogP) is 2.46. The van der Waals surface area contributed by atoms with Gasteiger partial charge in [-0.05, 0) is 50.9 Å². The van der Waals surface area contributed by atoms with E-state index in [4.69, 9.17) is 0 Å². The third kappa shape index (κ3) is 2.94. The van der Waals surface area contributed by atoms with Gasteiger partial charge in [-0.2, -0.15) is 0 Å². The molecule has 2 atom stereocenters.